The molecule has 3 rings (SSSR count). The van der Waals surface area contributed by atoms with Crippen LogP contribution in [0.2, 0.25) is 0 Å². The molecule has 2 aromatic carbocycles. The van der Waals surface area contributed by atoms with Gasteiger partial charge in [-0.05, 0) is 56.5 Å². The van der Waals surface area contributed by atoms with E-state index in [1.807, 2.05) is 44.2 Å². The van der Waals surface area contributed by atoms with Crippen molar-refractivity contribution in [3.8, 4) is 0 Å². The van der Waals surface area contributed by atoms with Crippen LogP contribution in [0.25, 0.3) is 0 Å². The first kappa shape index (κ1) is 19.6. The molecule has 0 unspecified atom stereocenters. The summed E-state index contributed by atoms with van der Waals surface area (Å²) in [4.78, 5) is 14.1. The van der Waals surface area contributed by atoms with Crippen molar-refractivity contribution in [1.82, 2.24) is 4.31 Å². The van der Waals surface area contributed by atoms with Crippen LogP contribution in [0.3, 0.4) is 0 Å². The van der Waals surface area contributed by atoms with Crippen LogP contribution >= 0.6 is 0 Å². The lowest BCUT2D eigenvalue weighted by atomic mass is 10.1. The fraction of sp³-hybridized carbons (Fsp3) is 0.381. The molecule has 0 atom stereocenters. The van der Waals surface area contributed by atoms with Crippen molar-refractivity contribution >= 4 is 21.6 Å². The van der Waals surface area contributed by atoms with Gasteiger partial charge in [0.2, 0.25) is 15.9 Å². The van der Waals surface area contributed by atoms with Crippen LogP contribution in [-0.2, 0) is 21.4 Å². The Hall–Kier alpha value is -2.18. The van der Waals surface area contributed by atoms with Crippen molar-refractivity contribution in [2.45, 2.75) is 50.6 Å². The van der Waals surface area contributed by atoms with E-state index in [-0.39, 0.29) is 16.8 Å². The molecule has 2 aromatic rings. The van der Waals surface area contributed by atoms with E-state index in [0.29, 0.717) is 19.5 Å². The molecule has 0 spiro atoms. The quantitative estimate of drug-likeness (QED) is 0.759. The Labute approximate surface area is 161 Å². The molecule has 0 aromatic heterocycles. The van der Waals surface area contributed by atoms with Crippen molar-refractivity contribution in [1.29, 1.82) is 0 Å². The van der Waals surface area contributed by atoms with Gasteiger partial charge in [-0.1, -0.05) is 30.3 Å². The second-order valence-corrected chi connectivity index (χ2v) is 9.02. The molecule has 1 aliphatic heterocycles. The molecular formula is C21H26N2O3S. The van der Waals surface area contributed by atoms with Crippen LogP contribution in [0.15, 0.2) is 59.5 Å². The molecular weight excluding hydrogens is 360 g/mol. The molecule has 27 heavy (non-hydrogen) atoms. The molecule has 0 saturated carbocycles. The zero-order valence-corrected chi connectivity index (χ0v) is 16.7. The Morgan fingerprint density at radius 1 is 1.00 bits per heavy atom. The van der Waals surface area contributed by atoms with Crippen molar-refractivity contribution in [2.24, 2.45) is 0 Å². The summed E-state index contributed by atoms with van der Waals surface area (Å²) in [5.41, 5.74) is 1.71. The van der Waals surface area contributed by atoms with Crippen molar-refractivity contribution in [3.05, 3.63) is 60.2 Å². The van der Waals surface area contributed by atoms with E-state index in [1.54, 1.807) is 29.2 Å². The van der Waals surface area contributed by atoms with Crippen LogP contribution < -0.4 is 4.90 Å². The van der Waals surface area contributed by atoms with Crippen molar-refractivity contribution in [2.75, 3.05) is 11.4 Å². The van der Waals surface area contributed by atoms with Gasteiger partial charge in [0, 0.05) is 31.2 Å². The molecule has 1 aliphatic rings. The SMILES string of the molecule is CC(C)N(Cc1ccccc1)S(=O)(=O)c1ccc(N2CCCCC2=O)cc1. The molecule has 0 N–H and O–H groups in total. The Kier molecular flexibility index (Phi) is 5.97. The number of piperidine rings is 1. The third kappa shape index (κ3) is 4.39. The largest absolute Gasteiger partial charge is 0.312 e. The summed E-state index contributed by atoms with van der Waals surface area (Å²) in [7, 11) is -3.63. The summed E-state index contributed by atoms with van der Waals surface area (Å²) in [6.45, 7) is 4.77. The highest BCUT2D eigenvalue weighted by Crippen LogP contribution is 2.26. The fourth-order valence-electron chi connectivity index (χ4n) is 3.32. The van der Waals surface area contributed by atoms with Gasteiger partial charge in [-0.25, -0.2) is 8.42 Å². The van der Waals surface area contributed by atoms with Gasteiger partial charge in [-0.2, -0.15) is 4.31 Å². The maximum Gasteiger partial charge on any atom is 0.243 e. The number of hydrogen-bond acceptors (Lipinski definition) is 3. The third-order valence-corrected chi connectivity index (χ3v) is 6.87. The number of amides is 1. The van der Waals surface area contributed by atoms with Crippen LogP contribution in [0.5, 0.6) is 0 Å². The summed E-state index contributed by atoms with van der Waals surface area (Å²) in [5, 5.41) is 0. The zero-order chi connectivity index (χ0) is 19.4. The average molecular weight is 387 g/mol. The van der Waals surface area contributed by atoms with Gasteiger partial charge in [-0.15, -0.1) is 0 Å². The van der Waals surface area contributed by atoms with E-state index >= 15 is 0 Å². The average Bonchev–Trinajstić information content (AvgIpc) is 2.67. The number of sulfonamides is 1. The third-order valence-electron chi connectivity index (χ3n) is 4.84. The minimum Gasteiger partial charge on any atom is -0.312 e. The van der Waals surface area contributed by atoms with Crippen LogP contribution in [0.4, 0.5) is 5.69 Å². The minimum absolute atomic E-state index is 0.102. The molecule has 1 amide bonds. The molecule has 1 saturated heterocycles. The summed E-state index contributed by atoms with van der Waals surface area (Å²) in [5.74, 6) is 0.102. The second kappa shape index (κ2) is 8.23. The minimum atomic E-state index is -3.63. The second-order valence-electron chi connectivity index (χ2n) is 7.13. The van der Waals surface area contributed by atoms with Gasteiger partial charge < -0.3 is 4.90 Å². The van der Waals surface area contributed by atoms with Gasteiger partial charge >= 0.3 is 0 Å². The Bertz CT molecular complexity index is 877. The Morgan fingerprint density at radius 3 is 2.26 bits per heavy atom. The predicted molar refractivity (Wildman–Crippen MR) is 107 cm³/mol. The Balaban J connectivity index is 1.85. The smallest absolute Gasteiger partial charge is 0.243 e. The lowest BCUT2D eigenvalue weighted by molar-refractivity contribution is -0.119. The van der Waals surface area contributed by atoms with E-state index in [0.717, 1.165) is 24.1 Å². The van der Waals surface area contributed by atoms with Gasteiger partial charge in [0.05, 0.1) is 4.90 Å². The van der Waals surface area contributed by atoms with E-state index in [9.17, 15) is 13.2 Å². The summed E-state index contributed by atoms with van der Waals surface area (Å²) >= 11 is 0. The van der Waals surface area contributed by atoms with Gasteiger partial charge in [0.25, 0.3) is 0 Å². The summed E-state index contributed by atoms with van der Waals surface area (Å²) in [6, 6.07) is 16.1. The first-order chi connectivity index (χ1) is 12.9. The normalized spacial score (nSPS) is 15.6. The zero-order valence-electron chi connectivity index (χ0n) is 15.8. The predicted octanol–water partition coefficient (Wildman–Crippen LogP) is 3.80. The molecule has 0 bridgehead atoms. The van der Waals surface area contributed by atoms with Gasteiger partial charge in [0.15, 0.2) is 0 Å². The maximum absolute atomic E-state index is 13.2. The maximum atomic E-state index is 13.2. The molecule has 0 aliphatic carbocycles. The van der Waals surface area contributed by atoms with Crippen LogP contribution in [0.1, 0.15) is 38.7 Å². The summed E-state index contributed by atoms with van der Waals surface area (Å²) in [6.07, 6.45) is 2.45. The number of carbonyl (C=O) groups is 1. The first-order valence-corrected chi connectivity index (χ1v) is 10.8. The Morgan fingerprint density at radius 2 is 1.67 bits per heavy atom. The highest BCUT2D eigenvalue weighted by atomic mass is 32.2. The van der Waals surface area contributed by atoms with Crippen molar-refractivity contribution < 1.29 is 13.2 Å². The number of hydrogen-bond donors (Lipinski definition) is 0. The number of benzene rings is 2. The number of nitrogens with zero attached hydrogens (tertiary/aromatic N) is 2. The number of rotatable bonds is 6. The van der Waals surface area contributed by atoms with Crippen molar-refractivity contribution in [3.63, 3.8) is 0 Å². The fourth-order valence-corrected chi connectivity index (χ4v) is 4.95. The van der Waals surface area contributed by atoms with E-state index < -0.39 is 10.0 Å². The molecule has 5 nitrogen and oxygen atoms in total. The topological polar surface area (TPSA) is 57.7 Å². The van der Waals surface area contributed by atoms with E-state index in [4.69, 9.17) is 0 Å². The van der Waals surface area contributed by atoms with E-state index in [1.165, 1.54) is 4.31 Å². The van der Waals surface area contributed by atoms with E-state index in [2.05, 4.69) is 0 Å². The highest BCUT2D eigenvalue weighted by Gasteiger charge is 2.28. The first-order valence-electron chi connectivity index (χ1n) is 9.36. The molecule has 144 valence electrons. The lowest BCUT2D eigenvalue weighted by Gasteiger charge is -2.28. The molecule has 1 fully saturated rings. The molecule has 0 radical (unpaired) electrons. The monoisotopic (exact) mass is 386 g/mol. The summed E-state index contributed by atoms with van der Waals surface area (Å²) < 4.78 is 27.9. The van der Waals surface area contributed by atoms with Gasteiger partial charge in [-0.3, -0.25) is 4.79 Å². The standard InChI is InChI=1S/C21H26N2O3S/c1-17(2)23(16-18-8-4-3-5-9-18)27(25,26)20-13-11-19(12-14-20)22-15-7-6-10-21(22)24/h3-5,8-9,11-14,17H,6-7,10,15-16H2,1-2H3. The molecule has 6 heteroatoms. The number of anilines is 1. The lowest BCUT2D eigenvalue weighted by Crippen LogP contribution is -2.36. The molecule has 1 heterocycles. The van der Waals surface area contributed by atoms with Gasteiger partial charge in [0.1, 0.15) is 0 Å². The van der Waals surface area contributed by atoms with Crippen LogP contribution in [0, 0.1) is 0 Å². The number of carbonyl (C=O) groups excluding carboxylic acids is 1. The highest BCUT2D eigenvalue weighted by molar-refractivity contribution is 7.89. The van der Waals surface area contributed by atoms with Crippen LogP contribution in [-0.4, -0.2) is 31.2 Å².